The summed E-state index contributed by atoms with van der Waals surface area (Å²) in [5, 5.41) is 3.29. The van der Waals surface area contributed by atoms with Gasteiger partial charge in [0.05, 0.1) is 6.61 Å². The van der Waals surface area contributed by atoms with Crippen molar-refractivity contribution in [2.24, 2.45) is 0 Å². The van der Waals surface area contributed by atoms with E-state index in [0.717, 1.165) is 24.4 Å². The van der Waals surface area contributed by atoms with E-state index in [1.807, 2.05) is 12.1 Å². The minimum atomic E-state index is 0.237. The van der Waals surface area contributed by atoms with E-state index in [4.69, 9.17) is 16.3 Å². The number of nitrogens with one attached hydrogen (secondary N) is 1. The maximum Gasteiger partial charge on any atom is 0.169 e. The molecule has 0 saturated carbocycles. The first kappa shape index (κ1) is 13.1. The third-order valence-corrected chi connectivity index (χ3v) is 2.62. The highest BCUT2D eigenvalue weighted by molar-refractivity contribution is 6.18. The van der Waals surface area contributed by atoms with Crippen LogP contribution >= 0.6 is 11.6 Å². The number of hydrogen-bond acceptors (Lipinski definition) is 3. The summed E-state index contributed by atoms with van der Waals surface area (Å²) in [4.78, 5) is 4.27. The molecule has 0 radical (unpaired) electrons. The molecule has 1 heterocycles. The number of nitrogens with zero attached hydrogens (tertiary/aromatic N) is 1. The van der Waals surface area contributed by atoms with Crippen molar-refractivity contribution < 1.29 is 4.74 Å². The third-order valence-electron chi connectivity index (χ3n) is 2.25. The van der Waals surface area contributed by atoms with Crippen molar-refractivity contribution in [2.75, 3.05) is 17.8 Å². The van der Waals surface area contributed by atoms with Crippen LogP contribution in [0.5, 0.6) is 5.75 Å². The summed E-state index contributed by atoms with van der Waals surface area (Å²) in [7, 11) is 0. The van der Waals surface area contributed by atoms with Crippen molar-refractivity contribution in [3.63, 3.8) is 0 Å². The van der Waals surface area contributed by atoms with Crippen molar-refractivity contribution in [2.45, 2.75) is 32.7 Å². The van der Waals surface area contributed by atoms with E-state index in [1.54, 1.807) is 6.20 Å². The largest absolute Gasteiger partial charge is 0.490 e. The topological polar surface area (TPSA) is 34.1 Å². The average molecular weight is 243 g/mol. The molecule has 1 unspecified atom stereocenters. The molecule has 1 N–H and O–H groups in total. The quantitative estimate of drug-likeness (QED) is 0.745. The monoisotopic (exact) mass is 242 g/mol. The average Bonchev–Trinajstić information content (AvgIpc) is 2.34. The van der Waals surface area contributed by atoms with Crippen molar-refractivity contribution >= 4 is 17.4 Å². The summed E-state index contributed by atoms with van der Waals surface area (Å²) in [6.45, 7) is 4.88. The van der Waals surface area contributed by atoms with E-state index in [0.29, 0.717) is 12.5 Å². The maximum absolute atomic E-state index is 5.84. The number of ether oxygens (including phenoxy) is 1. The van der Waals surface area contributed by atoms with E-state index >= 15 is 0 Å². The molecule has 16 heavy (non-hydrogen) atoms. The van der Waals surface area contributed by atoms with E-state index in [1.165, 1.54) is 0 Å². The Labute approximate surface area is 102 Å². The maximum atomic E-state index is 5.84. The van der Waals surface area contributed by atoms with Gasteiger partial charge in [-0.1, -0.05) is 13.8 Å². The van der Waals surface area contributed by atoms with Gasteiger partial charge < -0.3 is 10.1 Å². The van der Waals surface area contributed by atoms with E-state index in [9.17, 15) is 0 Å². The normalized spacial score (nSPS) is 12.2. The number of rotatable bonds is 7. The molecule has 0 amide bonds. The molecule has 3 nitrogen and oxygen atoms in total. The fraction of sp³-hybridized carbons (Fsp3) is 0.583. The van der Waals surface area contributed by atoms with Crippen LogP contribution in [0, 0.1) is 0 Å². The minimum Gasteiger partial charge on any atom is -0.490 e. The Hall–Kier alpha value is -0.960. The van der Waals surface area contributed by atoms with E-state index in [2.05, 4.69) is 24.1 Å². The fourth-order valence-electron chi connectivity index (χ4n) is 1.27. The van der Waals surface area contributed by atoms with Gasteiger partial charge in [-0.2, -0.15) is 0 Å². The van der Waals surface area contributed by atoms with Gasteiger partial charge in [0.15, 0.2) is 11.6 Å². The third kappa shape index (κ3) is 3.89. The van der Waals surface area contributed by atoms with Crippen LogP contribution in [-0.4, -0.2) is 23.5 Å². The van der Waals surface area contributed by atoms with Gasteiger partial charge in [-0.3, -0.25) is 0 Å². The first-order valence-electron chi connectivity index (χ1n) is 5.72. The molecule has 0 aliphatic heterocycles. The SMILES string of the molecule is CCCOc1cccnc1NC(CC)CCl. The van der Waals surface area contributed by atoms with Gasteiger partial charge in [-0.15, -0.1) is 11.6 Å². The Morgan fingerprint density at radius 2 is 2.31 bits per heavy atom. The van der Waals surface area contributed by atoms with Crippen LogP contribution < -0.4 is 10.1 Å². The predicted molar refractivity (Wildman–Crippen MR) is 68.4 cm³/mol. The van der Waals surface area contributed by atoms with Crippen molar-refractivity contribution in [1.82, 2.24) is 4.98 Å². The molecule has 0 aliphatic rings. The smallest absolute Gasteiger partial charge is 0.169 e. The molecular formula is C12H19ClN2O. The molecule has 0 saturated heterocycles. The first-order chi connectivity index (χ1) is 7.81. The van der Waals surface area contributed by atoms with Gasteiger partial charge in [0, 0.05) is 18.1 Å². The molecule has 1 aromatic heterocycles. The van der Waals surface area contributed by atoms with Crippen molar-refractivity contribution in [3.05, 3.63) is 18.3 Å². The molecule has 90 valence electrons. The van der Waals surface area contributed by atoms with Gasteiger partial charge in [-0.05, 0) is 25.0 Å². The number of pyridine rings is 1. The number of halogens is 1. The molecule has 1 rings (SSSR count). The van der Waals surface area contributed by atoms with Gasteiger partial charge >= 0.3 is 0 Å². The van der Waals surface area contributed by atoms with Crippen LogP contribution in [0.4, 0.5) is 5.82 Å². The Balaban J connectivity index is 2.69. The highest BCUT2D eigenvalue weighted by Gasteiger charge is 2.09. The van der Waals surface area contributed by atoms with Crippen molar-refractivity contribution in [1.29, 1.82) is 0 Å². The van der Waals surface area contributed by atoms with E-state index < -0.39 is 0 Å². The molecule has 0 bridgehead atoms. The second-order valence-corrected chi connectivity index (χ2v) is 3.91. The lowest BCUT2D eigenvalue weighted by molar-refractivity contribution is 0.317. The lowest BCUT2D eigenvalue weighted by atomic mass is 10.2. The van der Waals surface area contributed by atoms with Gasteiger partial charge in [0.25, 0.3) is 0 Å². The summed E-state index contributed by atoms with van der Waals surface area (Å²) < 4.78 is 5.61. The molecule has 1 atom stereocenters. The molecule has 0 aromatic carbocycles. The second-order valence-electron chi connectivity index (χ2n) is 3.60. The standard InChI is InChI=1S/C12H19ClN2O/c1-3-8-16-11-6-5-7-14-12(11)15-10(4-2)9-13/h5-7,10H,3-4,8-9H2,1-2H3,(H,14,15). The fourth-order valence-corrected chi connectivity index (χ4v) is 1.57. The van der Waals surface area contributed by atoms with Gasteiger partial charge in [0.1, 0.15) is 0 Å². The summed E-state index contributed by atoms with van der Waals surface area (Å²) in [5.74, 6) is 2.15. The number of anilines is 1. The number of aromatic nitrogens is 1. The first-order valence-corrected chi connectivity index (χ1v) is 6.25. The summed E-state index contributed by atoms with van der Waals surface area (Å²) in [5.41, 5.74) is 0. The predicted octanol–water partition coefficient (Wildman–Crippen LogP) is 3.30. The Morgan fingerprint density at radius 1 is 1.50 bits per heavy atom. The lowest BCUT2D eigenvalue weighted by Gasteiger charge is -2.17. The summed E-state index contributed by atoms with van der Waals surface area (Å²) >= 11 is 5.84. The zero-order chi connectivity index (χ0) is 11.8. The number of alkyl halides is 1. The molecule has 0 spiro atoms. The molecule has 0 fully saturated rings. The van der Waals surface area contributed by atoms with Crippen LogP contribution in [0.1, 0.15) is 26.7 Å². The molecule has 1 aromatic rings. The van der Waals surface area contributed by atoms with Gasteiger partial charge in [0.2, 0.25) is 0 Å². The highest BCUT2D eigenvalue weighted by atomic mass is 35.5. The second kappa shape index (κ2) is 7.34. The molecule has 0 aliphatic carbocycles. The van der Waals surface area contributed by atoms with Gasteiger partial charge in [-0.25, -0.2) is 4.98 Å². The Kier molecular flexibility index (Phi) is 6.01. The van der Waals surface area contributed by atoms with Crippen LogP contribution in [0.25, 0.3) is 0 Å². The number of hydrogen-bond donors (Lipinski definition) is 1. The Bertz CT molecular complexity index is 303. The molecule has 4 heteroatoms. The van der Waals surface area contributed by atoms with Crippen LogP contribution in [0.2, 0.25) is 0 Å². The lowest BCUT2D eigenvalue weighted by Crippen LogP contribution is -2.21. The van der Waals surface area contributed by atoms with Crippen LogP contribution in [0.15, 0.2) is 18.3 Å². The van der Waals surface area contributed by atoms with E-state index in [-0.39, 0.29) is 6.04 Å². The Morgan fingerprint density at radius 3 is 2.94 bits per heavy atom. The zero-order valence-corrected chi connectivity index (χ0v) is 10.6. The van der Waals surface area contributed by atoms with Crippen LogP contribution in [0.3, 0.4) is 0 Å². The minimum absolute atomic E-state index is 0.237. The zero-order valence-electron chi connectivity index (χ0n) is 9.87. The summed E-state index contributed by atoms with van der Waals surface area (Å²) in [6, 6.07) is 4.03. The van der Waals surface area contributed by atoms with Crippen LogP contribution in [-0.2, 0) is 0 Å². The molecular weight excluding hydrogens is 224 g/mol. The summed E-state index contributed by atoms with van der Waals surface area (Å²) in [6.07, 6.45) is 3.70. The highest BCUT2D eigenvalue weighted by Crippen LogP contribution is 2.22. The van der Waals surface area contributed by atoms with Crippen molar-refractivity contribution in [3.8, 4) is 5.75 Å².